The Kier molecular flexibility index (Phi) is 4.55. The van der Waals surface area contributed by atoms with Crippen LogP contribution in [0.4, 0.5) is 5.82 Å². The minimum atomic E-state index is 0.548. The van der Waals surface area contributed by atoms with Crippen LogP contribution in [0.5, 0.6) is 0 Å². The van der Waals surface area contributed by atoms with E-state index in [1.54, 1.807) is 25.7 Å². The highest BCUT2D eigenvalue weighted by atomic mass is 16.5. The van der Waals surface area contributed by atoms with Gasteiger partial charge in [0.2, 0.25) is 0 Å². The molecule has 0 aliphatic heterocycles. The number of nitrogens with zero attached hydrogens (tertiary/aromatic N) is 5. The summed E-state index contributed by atoms with van der Waals surface area (Å²) >= 11 is 0. The van der Waals surface area contributed by atoms with Gasteiger partial charge in [0.15, 0.2) is 5.65 Å². The molecule has 140 valence electrons. The van der Waals surface area contributed by atoms with Gasteiger partial charge in [0.25, 0.3) is 0 Å². The van der Waals surface area contributed by atoms with Crippen LogP contribution in [0.15, 0.2) is 48.5 Å². The summed E-state index contributed by atoms with van der Waals surface area (Å²) in [7, 11) is 1.61. The van der Waals surface area contributed by atoms with Crippen LogP contribution in [0.25, 0.3) is 34.9 Å². The third-order valence-electron chi connectivity index (χ3n) is 4.29. The van der Waals surface area contributed by atoms with Crippen molar-refractivity contribution in [3.63, 3.8) is 0 Å². The average Bonchev–Trinajstić information content (AvgIpc) is 3.34. The monoisotopic (exact) mass is 374 g/mol. The van der Waals surface area contributed by atoms with Crippen LogP contribution in [0.3, 0.4) is 0 Å². The van der Waals surface area contributed by atoms with Gasteiger partial charge in [-0.2, -0.15) is 10.2 Å². The van der Waals surface area contributed by atoms with Crippen molar-refractivity contribution in [1.82, 2.24) is 35.3 Å². The van der Waals surface area contributed by atoms with Crippen molar-refractivity contribution >= 4 is 29.5 Å². The summed E-state index contributed by atoms with van der Waals surface area (Å²) in [5, 5.41) is 19.8. The van der Waals surface area contributed by atoms with Crippen molar-refractivity contribution < 1.29 is 4.74 Å². The molecule has 0 fully saturated rings. The largest absolute Gasteiger partial charge is 0.499 e. The van der Waals surface area contributed by atoms with Gasteiger partial charge in [-0.05, 0) is 25.1 Å². The van der Waals surface area contributed by atoms with Crippen LogP contribution in [0.2, 0.25) is 0 Å². The predicted molar refractivity (Wildman–Crippen MR) is 106 cm³/mol. The second-order valence-electron chi connectivity index (χ2n) is 6.01. The highest BCUT2D eigenvalue weighted by Crippen LogP contribution is 2.30. The number of hydrogen-bond acceptors (Lipinski definition) is 7. The van der Waals surface area contributed by atoms with Crippen LogP contribution in [-0.2, 0) is 4.74 Å². The predicted octanol–water partition coefficient (Wildman–Crippen LogP) is 1.32. The van der Waals surface area contributed by atoms with Crippen LogP contribution >= 0.6 is 0 Å². The summed E-state index contributed by atoms with van der Waals surface area (Å²) < 4.78 is 5.44. The molecule has 0 spiro atoms. The van der Waals surface area contributed by atoms with Gasteiger partial charge >= 0.3 is 0 Å². The third-order valence-corrected chi connectivity index (χ3v) is 4.29. The highest BCUT2D eigenvalue weighted by Gasteiger charge is 2.15. The van der Waals surface area contributed by atoms with Gasteiger partial charge < -0.3 is 10.1 Å². The number of anilines is 1. The zero-order valence-electron chi connectivity index (χ0n) is 15.4. The first kappa shape index (κ1) is 17.4. The lowest BCUT2D eigenvalue weighted by Gasteiger charge is -2.11. The van der Waals surface area contributed by atoms with Crippen molar-refractivity contribution in [3.8, 4) is 11.3 Å². The summed E-state index contributed by atoms with van der Waals surface area (Å²) in [6.45, 7) is 5.79. The SMILES string of the molecule is C=c1[nH]nc/c1=C/C(Nc1ncnc2n[nH]c(-c3cccnc3)c12)=C(\C)OC. The van der Waals surface area contributed by atoms with E-state index in [-0.39, 0.29) is 0 Å². The van der Waals surface area contributed by atoms with Gasteiger partial charge in [0.05, 0.1) is 35.4 Å². The molecular formula is C19H18N8O. The van der Waals surface area contributed by atoms with E-state index in [4.69, 9.17) is 4.74 Å². The maximum absolute atomic E-state index is 5.44. The number of ether oxygens (including phenoxy) is 1. The fourth-order valence-corrected chi connectivity index (χ4v) is 2.74. The Morgan fingerprint density at radius 3 is 2.86 bits per heavy atom. The van der Waals surface area contributed by atoms with E-state index in [9.17, 15) is 0 Å². The molecule has 0 saturated carbocycles. The second kappa shape index (κ2) is 7.31. The lowest BCUT2D eigenvalue weighted by Crippen LogP contribution is -2.21. The number of nitrogens with one attached hydrogen (secondary N) is 3. The Balaban J connectivity index is 1.86. The number of rotatable bonds is 5. The molecule has 0 aliphatic carbocycles. The first-order valence-corrected chi connectivity index (χ1v) is 8.48. The van der Waals surface area contributed by atoms with E-state index >= 15 is 0 Å². The minimum absolute atomic E-state index is 0.548. The maximum atomic E-state index is 5.44. The van der Waals surface area contributed by atoms with E-state index in [0.29, 0.717) is 28.3 Å². The summed E-state index contributed by atoms with van der Waals surface area (Å²) in [5.41, 5.74) is 2.93. The zero-order chi connectivity index (χ0) is 19.5. The van der Waals surface area contributed by atoms with Crippen LogP contribution in [-0.4, -0.2) is 42.5 Å². The number of methoxy groups -OCH3 is 1. The average molecular weight is 374 g/mol. The van der Waals surface area contributed by atoms with Crippen molar-refractivity contribution in [1.29, 1.82) is 0 Å². The molecule has 28 heavy (non-hydrogen) atoms. The Morgan fingerprint density at radius 2 is 2.14 bits per heavy atom. The summed E-state index contributed by atoms with van der Waals surface area (Å²) in [4.78, 5) is 12.9. The summed E-state index contributed by atoms with van der Waals surface area (Å²) in [5.74, 6) is 1.27. The van der Waals surface area contributed by atoms with Gasteiger partial charge in [0, 0.05) is 23.2 Å². The smallest absolute Gasteiger partial charge is 0.186 e. The minimum Gasteiger partial charge on any atom is -0.499 e. The molecular weight excluding hydrogens is 356 g/mol. The van der Waals surface area contributed by atoms with Crippen molar-refractivity contribution in [2.45, 2.75) is 6.92 Å². The molecule has 0 aliphatic rings. The van der Waals surface area contributed by atoms with Gasteiger partial charge in [0.1, 0.15) is 17.9 Å². The topological polar surface area (TPSA) is 117 Å². The van der Waals surface area contributed by atoms with Gasteiger partial charge in [-0.1, -0.05) is 6.58 Å². The third kappa shape index (κ3) is 3.20. The number of aromatic amines is 2. The van der Waals surface area contributed by atoms with Crippen molar-refractivity contribution in [2.24, 2.45) is 0 Å². The molecule has 4 rings (SSSR count). The molecule has 4 heterocycles. The maximum Gasteiger partial charge on any atom is 0.186 e. The van der Waals surface area contributed by atoms with Crippen LogP contribution in [0, 0.1) is 0 Å². The standard InChI is InChI=1S/C19H18N8O/c1-11-14(9-23-25-11)7-15(12(2)28-3)24-18-16-17(13-5-4-6-20-8-13)26-27-19(16)22-10-21-18/h4-10,25H,1H2,2-3H3,(H2,21,22,24,26,27)/b14-7-,15-12-. The molecule has 0 radical (unpaired) electrons. The molecule has 9 heteroatoms. The lowest BCUT2D eigenvalue weighted by molar-refractivity contribution is 0.291. The van der Waals surface area contributed by atoms with Crippen molar-refractivity contribution in [2.75, 3.05) is 12.4 Å². The Hall–Kier alpha value is -4.01. The molecule has 4 aromatic heterocycles. The molecule has 0 amide bonds. The van der Waals surface area contributed by atoms with E-state index in [2.05, 4.69) is 47.2 Å². The fraction of sp³-hybridized carbons (Fsp3) is 0.105. The highest BCUT2D eigenvalue weighted by molar-refractivity contribution is 5.99. The van der Waals surface area contributed by atoms with Crippen molar-refractivity contribution in [3.05, 3.63) is 59.1 Å². The lowest BCUT2D eigenvalue weighted by atomic mass is 10.1. The normalized spacial score (nSPS) is 12.9. The molecule has 3 N–H and O–H groups in total. The fourth-order valence-electron chi connectivity index (χ4n) is 2.74. The molecule has 9 nitrogen and oxygen atoms in total. The molecule has 4 aromatic rings. The number of fused-ring (bicyclic) bond motifs is 1. The second-order valence-corrected chi connectivity index (χ2v) is 6.01. The van der Waals surface area contributed by atoms with Gasteiger partial charge in [-0.15, -0.1) is 0 Å². The van der Waals surface area contributed by atoms with E-state index in [1.165, 1.54) is 6.33 Å². The summed E-state index contributed by atoms with van der Waals surface area (Å²) in [6.07, 6.45) is 8.52. The first-order valence-electron chi connectivity index (χ1n) is 8.48. The quantitative estimate of drug-likeness (QED) is 0.451. The number of pyridine rings is 1. The van der Waals surface area contributed by atoms with E-state index in [0.717, 1.165) is 21.9 Å². The van der Waals surface area contributed by atoms with Gasteiger partial charge in [-0.3, -0.25) is 15.2 Å². The molecule has 0 atom stereocenters. The van der Waals surface area contributed by atoms with Gasteiger partial charge in [-0.25, -0.2) is 9.97 Å². The van der Waals surface area contributed by atoms with E-state index < -0.39 is 0 Å². The van der Waals surface area contributed by atoms with E-state index in [1.807, 2.05) is 25.1 Å². The number of aromatic nitrogens is 7. The number of hydrogen-bond donors (Lipinski definition) is 3. The Labute approximate surface area is 159 Å². The molecule has 0 bridgehead atoms. The number of H-pyrrole nitrogens is 2. The number of allylic oxidation sites excluding steroid dienone is 2. The molecule has 0 aromatic carbocycles. The zero-order valence-corrected chi connectivity index (χ0v) is 15.4. The molecule has 0 unspecified atom stereocenters. The summed E-state index contributed by atoms with van der Waals surface area (Å²) in [6, 6.07) is 3.81. The molecule has 0 saturated heterocycles. The first-order chi connectivity index (χ1) is 13.7. The Morgan fingerprint density at radius 1 is 1.25 bits per heavy atom. The van der Waals surface area contributed by atoms with Crippen LogP contribution in [0.1, 0.15) is 6.92 Å². The Bertz CT molecular complexity index is 1260. The van der Waals surface area contributed by atoms with Crippen LogP contribution < -0.4 is 15.9 Å².